The van der Waals surface area contributed by atoms with Crippen LogP contribution in [0.3, 0.4) is 0 Å². The zero-order chi connectivity index (χ0) is 11.6. The Bertz CT molecular complexity index is 398. The highest BCUT2D eigenvalue weighted by Crippen LogP contribution is 2.36. The predicted octanol–water partition coefficient (Wildman–Crippen LogP) is 3.95. The molecule has 15 heavy (non-hydrogen) atoms. The van der Waals surface area contributed by atoms with Gasteiger partial charge in [-0.15, -0.1) is 0 Å². The number of ether oxygens (including phenoxy) is 1. The molecular weight excluding hydrogens is 305 g/mol. The van der Waals surface area contributed by atoms with E-state index in [1.807, 2.05) is 0 Å². The second kappa shape index (κ2) is 5.05. The largest absolute Gasteiger partial charge is 0.495 e. The summed E-state index contributed by atoms with van der Waals surface area (Å²) in [6.07, 6.45) is 0. The lowest BCUT2D eigenvalue weighted by molar-refractivity contribution is 0.267. The van der Waals surface area contributed by atoms with Gasteiger partial charge in [0.25, 0.3) is 4.82 Å². The molecule has 0 N–H and O–H groups in total. The van der Waals surface area contributed by atoms with Crippen molar-refractivity contribution in [3.63, 3.8) is 0 Å². The molecule has 0 aliphatic rings. The van der Waals surface area contributed by atoms with E-state index in [0.29, 0.717) is 21.5 Å². The molecule has 0 fully saturated rings. The van der Waals surface area contributed by atoms with Crippen molar-refractivity contribution < 1.29 is 9.53 Å². The molecule has 0 saturated heterocycles. The van der Waals surface area contributed by atoms with Gasteiger partial charge >= 0.3 is 0 Å². The van der Waals surface area contributed by atoms with Gasteiger partial charge < -0.3 is 9.64 Å². The zero-order valence-corrected chi connectivity index (χ0v) is 11.2. The molecule has 1 amide bonds. The van der Waals surface area contributed by atoms with E-state index in [4.69, 9.17) is 27.9 Å². The van der Waals surface area contributed by atoms with Gasteiger partial charge in [0, 0.05) is 29.0 Å². The first kappa shape index (κ1) is 12.6. The van der Waals surface area contributed by atoms with Crippen LogP contribution in [0.5, 0.6) is 5.75 Å². The first-order valence-corrected chi connectivity index (χ1v) is 5.48. The Morgan fingerprint density at radius 2 is 2.00 bits per heavy atom. The van der Waals surface area contributed by atoms with Crippen LogP contribution in [0.4, 0.5) is 10.5 Å². The Balaban J connectivity index is 3.21. The summed E-state index contributed by atoms with van der Waals surface area (Å²) in [7, 11) is 3.08. The highest BCUT2D eigenvalue weighted by molar-refractivity contribution is 9.18. The molecule has 0 unspecified atom stereocenters. The highest BCUT2D eigenvalue weighted by Gasteiger charge is 2.14. The predicted molar refractivity (Wildman–Crippen MR) is 65.7 cm³/mol. The van der Waals surface area contributed by atoms with E-state index in [9.17, 15) is 4.79 Å². The van der Waals surface area contributed by atoms with Gasteiger partial charge in [0.1, 0.15) is 5.75 Å². The van der Waals surface area contributed by atoms with Crippen LogP contribution >= 0.6 is 39.1 Å². The normalized spacial score (nSPS) is 9.93. The average molecular weight is 313 g/mol. The van der Waals surface area contributed by atoms with Gasteiger partial charge in [0.15, 0.2) is 0 Å². The minimum absolute atomic E-state index is 0.300. The van der Waals surface area contributed by atoms with Crippen LogP contribution < -0.4 is 9.64 Å². The number of carbonyl (C=O) groups is 1. The molecule has 0 saturated carbocycles. The molecule has 1 aromatic rings. The Morgan fingerprint density at radius 3 is 2.47 bits per heavy atom. The molecule has 0 spiro atoms. The summed E-state index contributed by atoms with van der Waals surface area (Å²) in [5.41, 5.74) is 0.518. The number of anilines is 1. The molecule has 0 aliphatic carbocycles. The van der Waals surface area contributed by atoms with E-state index in [1.54, 1.807) is 19.2 Å². The van der Waals surface area contributed by atoms with Gasteiger partial charge in [-0.25, -0.2) is 0 Å². The number of benzene rings is 1. The maximum Gasteiger partial charge on any atom is 0.293 e. The number of hydrogen-bond donors (Lipinski definition) is 0. The van der Waals surface area contributed by atoms with Gasteiger partial charge in [-0.2, -0.15) is 0 Å². The second-order valence-corrected chi connectivity index (χ2v) is 4.24. The number of amides is 1. The minimum atomic E-state index is -0.300. The lowest BCUT2D eigenvalue weighted by atomic mass is 10.3. The molecule has 0 heterocycles. The Hall–Kier alpha value is -0.450. The van der Waals surface area contributed by atoms with E-state index in [-0.39, 0.29) is 4.82 Å². The van der Waals surface area contributed by atoms with E-state index in [1.165, 1.54) is 12.0 Å². The van der Waals surface area contributed by atoms with Gasteiger partial charge in [0.2, 0.25) is 0 Å². The fraction of sp³-hybridized carbons (Fsp3) is 0.222. The third-order valence-corrected chi connectivity index (χ3v) is 2.98. The molecule has 1 rings (SSSR count). The van der Waals surface area contributed by atoms with Crippen LogP contribution in [0, 0.1) is 0 Å². The van der Waals surface area contributed by atoms with E-state index < -0.39 is 0 Å². The van der Waals surface area contributed by atoms with E-state index in [2.05, 4.69) is 15.9 Å². The zero-order valence-electron chi connectivity index (χ0n) is 8.05. The van der Waals surface area contributed by atoms with Crippen molar-refractivity contribution in [3.05, 3.63) is 22.2 Å². The molecule has 0 bridgehead atoms. The summed E-state index contributed by atoms with van der Waals surface area (Å²) >= 11 is 14.7. The van der Waals surface area contributed by atoms with Crippen LogP contribution in [-0.4, -0.2) is 19.0 Å². The second-order valence-electron chi connectivity index (χ2n) is 2.75. The van der Waals surface area contributed by atoms with Gasteiger partial charge in [-0.1, -0.05) is 23.2 Å². The fourth-order valence-electron chi connectivity index (χ4n) is 1.03. The lowest BCUT2D eigenvalue weighted by Gasteiger charge is -2.16. The minimum Gasteiger partial charge on any atom is -0.495 e. The molecule has 0 radical (unpaired) electrons. The van der Waals surface area contributed by atoms with Crippen LogP contribution in [0.15, 0.2) is 12.1 Å². The fourth-order valence-corrected chi connectivity index (χ4v) is 1.73. The summed E-state index contributed by atoms with van der Waals surface area (Å²) in [5, 5.41) is 0.795. The number of hydrogen-bond acceptors (Lipinski definition) is 2. The van der Waals surface area contributed by atoms with Crippen LogP contribution in [0.25, 0.3) is 0 Å². The van der Waals surface area contributed by atoms with E-state index in [0.717, 1.165) is 0 Å². The van der Waals surface area contributed by atoms with Crippen molar-refractivity contribution in [3.8, 4) is 5.75 Å². The van der Waals surface area contributed by atoms with Crippen LogP contribution in [0.2, 0.25) is 10.0 Å². The van der Waals surface area contributed by atoms with Crippen molar-refractivity contribution >= 4 is 49.6 Å². The Kier molecular flexibility index (Phi) is 4.25. The number of rotatable bonds is 2. The summed E-state index contributed by atoms with van der Waals surface area (Å²) in [6, 6.07) is 3.13. The van der Waals surface area contributed by atoms with Crippen molar-refractivity contribution in [2.45, 2.75) is 0 Å². The summed E-state index contributed by atoms with van der Waals surface area (Å²) in [5.74, 6) is 0.473. The Morgan fingerprint density at radius 1 is 1.40 bits per heavy atom. The number of nitrogens with zero attached hydrogens (tertiary/aromatic N) is 1. The summed E-state index contributed by atoms with van der Waals surface area (Å²) in [6.45, 7) is 0. The van der Waals surface area contributed by atoms with Crippen molar-refractivity contribution in [2.75, 3.05) is 19.1 Å². The molecular formula is C9H8BrCl2NO2. The maximum absolute atomic E-state index is 11.1. The highest BCUT2D eigenvalue weighted by atomic mass is 79.9. The van der Waals surface area contributed by atoms with Crippen LogP contribution in [0.1, 0.15) is 0 Å². The van der Waals surface area contributed by atoms with Crippen LogP contribution in [-0.2, 0) is 0 Å². The van der Waals surface area contributed by atoms with E-state index >= 15 is 0 Å². The lowest BCUT2D eigenvalue weighted by Crippen LogP contribution is -2.19. The molecule has 1 aromatic carbocycles. The monoisotopic (exact) mass is 311 g/mol. The number of carbonyl (C=O) groups excluding carboxylic acids is 1. The number of methoxy groups -OCH3 is 1. The van der Waals surface area contributed by atoms with Crippen molar-refractivity contribution in [1.82, 2.24) is 0 Å². The van der Waals surface area contributed by atoms with Gasteiger partial charge in [0.05, 0.1) is 22.8 Å². The summed E-state index contributed by atoms with van der Waals surface area (Å²) < 4.78 is 4.99. The standard InChI is InChI=1S/C9H8BrCl2NO2/c1-13(9(10)14)7-3-6(12)8(15-2)4-5(7)11/h3-4H,1-2H3. The SMILES string of the molecule is COc1cc(Cl)c(N(C)C(=O)Br)cc1Cl. The molecule has 0 aromatic heterocycles. The first-order valence-electron chi connectivity index (χ1n) is 3.93. The first-order chi connectivity index (χ1) is 6.97. The third-order valence-electron chi connectivity index (χ3n) is 1.85. The van der Waals surface area contributed by atoms with Gasteiger partial charge in [-0.3, -0.25) is 4.79 Å². The quantitative estimate of drug-likeness (QED) is 0.611. The Labute approximate surface area is 106 Å². The third kappa shape index (κ3) is 2.77. The summed E-state index contributed by atoms with van der Waals surface area (Å²) in [4.78, 5) is 12.1. The molecule has 0 aliphatic heterocycles. The topological polar surface area (TPSA) is 29.5 Å². The molecule has 82 valence electrons. The molecule has 6 heteroatoms. The van der Waals surface area contributed by atoms with Crippen molar-refractivity contribution in [1.29, 1.82) is 0 Å². The molecule has 3 nitrogen and oxygen atoms in total. The smallest absolute Gasteiger partial charge is 0.293 e. The van der Waals surface area contributed by atoms with Crippen molar-refractivity contribution in [2.24, 2.45) is 0 Å². The van der Waals surface area contributed by atoms with Gasteiger partial charge in [-0.05, 0) is 6.07 Å². The average Bonchev–Trinajstić information content (AvgIpc) is 2.19. The maximum atomic E-state index is 11.1. The molecule has 0 atom stereocenters. The number of halogens is 3.